The third-order valence-electron chi connectivity index (χ3n) is 2.08. The highest BCUT2D eigenvalue weighted by molar-refractivity contribution is 5.57. The van der Waals surface area contributed by atoms with E-state index in [-0.39, 0.29) is 11.5 Å². The topological polar surface area (TPSA) is 106 Å². The van der Waals surface area contributed by atoms with E-state index in [4.69, 9.17) is 5.73 Å². The van der Waals surface area contributed by atoms with Crippen LogP contribution in [0.4, 0.5) is 17.3 Å². The van der Waals surface area contributed by atoms with Gasteiger partial charge in [-0.15, -0.1) is 0 Å². The maximum atomic E-state index is 10.5. The van der Waals surface area contributed by atoms with Crippen LogP contribution in [0.25, 0.3) is 0 Å². The number of hydrogen-bond donors (Lipinski definition) is 3. The van der Waals surface area contributed by atoms with E-state index in [2.05, 4.69) is 29.5 Å². The maximum absolute atomic E-state index is 10.5. The van der Waals surface area contributed by atoms with Crippen molar-refractivity contribution in [2.45, 2.75) is 19.9 Å². The number of nitro groups is 1. The zero-order valence-corrected chi connectivity index (χ0v) is 9.93. The third-order valence-corrected chi connectivity index (χ3v) is 2.08. The molecule has 0 aliphatic carbocycles. The molecular weight excluding hydrogens is 222 g/mol. The van der Waals surface area contributed by atoms with Crippen LogP contribution in [-0.2, 0) is 0 Å². The summed E-state index contributed by atoms with van der Waals surface area (Å²) in [5, 5.41) is 16.8. The average Bonchev–Trinajstić information content (AvgIpc) is 2.23. The minimum absolute atomic E-state index is 0.0724. The van der Waals surface area contributed by atoms with Crippen LogP contribution < -0.4 is 16.4 Å². The van der Waals surface area contributed by atoms with Gasteiger partial charge in [-0.05, 0) is 6.07 Å². The molecule has 0 aromatic carbocycles. The molecule has 0 saturated carbocycles. The van der Waals surface area contributed by atoms with Gasteiger partial charge in [-0.1, -0.05) is 13.8 Å². The van der Waals surface area contributed by atoms with Gasteiger partial charge < -0.3 is 16.4 Å². The number of rotatable bonds is 6. The molecule has 1 aromatic rings. The van der Waals surface area contributed by atoms with Crippen LogP contribution in [0.2, 0.25) is 0 Å². The number of hydrogen-bond acceptors (Lipinski definition) is 6. The Morgan fingerprint density at radius 1 is 1.47 bits per heavy atom. The van der Waals surface area contributed by atoms with E-state index in [0.29, 0.717) is 18.4 Å². The van der Waals surface area contributed by atoms with Crippen molar-refractivity contribution in [1.82, 2.24) is 10.3 Å². The van der Waals surface area contributed by atoms with Crippen LogP contribution >= 0.6 is 0 Å². The summed E-state index contributed by atoms with van der Waals surface area (Å²) in [5.74, 6) is 0.468. The second-order valence-corrected chi connectivity index (χ2v) is 3.89. The molecule has 0 amide bonds. The van der Waals surface area contributed by atoms with E-state index in [1.807, 2.05) is 0 Å². The van der Waals surface area contributed by atoms with Crippen LogP contribution in [0.1, 0.15) is 13.8 Å². The van der Waals surface area contributed by atoms with Gasteiger partial charge >= 0.3 is 5.69 Å². The van der Waals surface area contributed by atoms with Crippen molar-refractivity contribution in [2.75, 3.05) is 24.1 Å². The molecule has 17 heavy (non-hydrogen) atoms. The highest BCUT2D eigenvalue weighted by atomic mass is 16.6. The summed E-state index contributed by atoms with van der Waals surface area (Å²) in [4.78, 5) is 13.9. The molecule has 1 heterocycles. The second kappa shape index (κ2) is 6.00. The lowest BCUT2D eigenvalue weighted by Crippen LogP contribution is -2.28. The van der Waals surface area contributed by atoms with E-state index in [9.17, 15) is 10.1 Å². The molecule has 0 bridgehead atoms. The van der Waals surface area contributed by atoms with Gasteiger partial charge in [-0.25, -0.2) is 4.98 Å². The van der Waals surface area contributed by atoms with Crippen LogP contribution in [0.5, 0.6) is 0 Å². The normalized spacial score (nSPS) is 10.5. The van der Waals surface area contributed by atoms with E-state index < -0.39 is 4.92 Å². The van der Waals surface area contributed by atoms with Gasteiger partial charge in [0.1, 0.15) is 5.82 Å². The Bertz CT molecular complexity index is 394. The van der Waals surface area contributed by atoms with Crippen LogP contribution in [0.3, 0.4) is 0 Å². The summed E-state index contributed by atoms with van der Waals surface area (Å²) >= 11 is 0. The molecule has 94 valence electrons. The van der Waals surface area contributed by atoms with Crippen molar-refractivity contribution in [3.05, 3.63) is 22.2 Å². The zero-order valence-electron chi connectivity index (χ0n) is 9.93. The summed E-state index contributed by atoms with van der Waals surface area (Å²) in [6.07, 6.45) is 0. The lowest BCUT2D eigenvalue weighted by atomic mass is 10.3. The Morgan fingerprint density at radius 3 is 2.71 bits per heavy atom. The minimum Gasteiger partial charge on any atom is -0.378 e. The lowest BCUT2D eigenvalue weighted by Gasteiger charge is -2.09. The molecule has 0 aliphatic heterocycles. The first kappa shape index (κ1) is 13.2. The fourth-order valence-corrected chi connectivity index (χ4v) is 1.27. The summed E-state index contributed by atoms with van der Waals surface area (Å²) in [5.41, 5.74) is 5.30. The van der Waals surface area contributed by atoms with Gasteiger partial charge in [0.2, 0.25) is 5.82 Å². The van der Waals surface area contributed by atoms with E-state index in [1.54, 1.807) is 6.07 Å². The standard InChI is InChI=1S/C10H17N5O2/c1-7(2)12-5-6-13-9-4-3-8(15(16)17)10(11)14-9/h3-4,7,12H,5-6H2,1-2H3,(H3,11,13,14). The molecule has 7 heteroatoms. The van der Waals surface area contributed by atoms with Gasteiger partial charge in [0, 0.05) is 25.2 Å². The number of nitrogens with one attached hydrogen (secondary N) is 2. The summed E-state index contributed by atoms with van der Waals surface area (Å²) < 4.78 is 0. The largest absolute Gasteiger partial charge is 0.378 e. The first-order valence-electron chi connectivity index (χ1n) is 5.39. The van der Waals surface area contributed by atoms with Crippen molar-refractivity contribution in [3.63, 3.8) is 0 Å². The fraction of sp³-hybridized carbons (Fsp3) is 0.500. The smallest absolute Gasteiger partial charge is 0.311 e. The molecule has 0 aliphatic rings. The average molecular weight is 239 g/mol. The fourth-order valence-electron chi connectivity index (χ4n) is 1.27. The number of aromatic nitrogens is 1. The maximum Gasteiger partial charge on any atom is 0.311 e. The number of nitrogens with zero attached hydrogens (tertiary/aromatic N) is 2. The number of nitrogens with two attached hydrogens (primary N) is 1. The Morgan fingerprint density at radius 2 is 2.18 bits per heavy atom. The first-order chi connectivity index (χ1) is 8.00. The molecule has 0 atom stereocenters. The Labute approximate surface area is 99.6 Å². The summed E-state index contributed by atoms with van der Waals surface area (Å²) in [6.45, 7) is 5.59. The summed E-state index contributed by atoms with van der Waals surface area (Å²) in [6, 6.07) is 3.32. The number of anilines is 2. The second-order valence-electron chi connectivity index (χ2n) is 3.89. The van der Waals surface area contributed by atoms with E-state index in [1.165, 1.54) is 6.07 Å². The third kappa shape index (κ3) is 4.23. The molecule has 0 saturated heterocycles. The van der Waals surface area contributed by atoms with Crippen LogP contribution in [0.15, 0.2) is 12.1 Å². The highest BCUT2D eigenvalue weighted by Gasteiger charge is 2.12. The van der Waals surface area contributed by atoms with Gasteiger partial charge in [0.15, 0.2) is 0 Å². The Kier molecular flexibility index (Phi) is 4.65. The van der Waals surface area contributed by atoms with Gasteiger partial charge in [0.25, 0.3) is 0 Å². The first-order valence-corrected chi connectivity index (χ1v) is 5.39. The monoisotopic (exact) mass is 239 g/mol. The van der Waals surface area contributed by atoms with Crippen molar-refractivity contribution >= 4 is 17.3 Å². The van der Waals surface area contributed by atoms with Crippen molar-refractivity contribution in [3.8, 4) is 0 Å². The molecule has 1 rings (SSSR count). The number of pyridine rings is 1. The van der Waals surface area contributed by atoms with E-state index in [0.717, 1.165) is 6.54 Å². The van der Waals surface area contributed by atoms with Gasteiger partial charge in [-0.3, -0.25) is 10.1 Å². The Hall–Kier alpha value is -1.89. The molecule has 4 N–H and O–H groups in total. The quantitative estimate of drug-likeness (QED) is 0.388. The Balaban J connectivity index is 2.50. The van der Waals surface area contributed by atoms with Crippen molar-refractivity contribution in [2.24, 2.45) is 0 Å². The molecule has 1 aromatic heterocycles. The van der Waals surface area contributed by atoms with Gasteiger partial charge in [0.05, 0.1) is 4.92 Å². The van der Waals surface area contributed by atoms with Crippen LogP contribution in [-0.4, -0.2) is 29.0 Å². The molecule has 0 unspecified atom stereocenters. The molecule has 0 fully saturated rings. The number of nitrogen functional groups attached to an aromatic ring is 1. The van der Waals surface area contributed by atoms with E-state index >= 15 is 0 Å². The molecule has 7 nitrogen and oxygen atoms in total. The highest BCUT2D eigenvalue weighted by Crippen LogP contribution is 2.20. The molecule has 0 spiro atoms. The van der Waals surface area contributed by atoms with Crippen molar-refractivity contribution in [1.29, 1.82) is 0 Å². The predicted molar refractivity (Wildman–Crippen MR) is 66.9 cm³/mol. The van der Waals surface area contributed by atoms with Crippen molar-refractivity contribution < 1.29 is 4.92 Å². The van der Waals surface area contributed by atoms with Gasteiger partial charge in [-0.2, -0.15) is 0 Å². The molecular formula is C10H17N5O2. The SMILES string of the molecule is CC(C)NCCNc1ccc([N+](=O)[O-])c(N)n1. The predicted octanol–water partition coefficient (Wildman–Crippen LogP) is 0.982. The minimum atomic E-state index is -0.549. The summed E-state index contributed by atoms with van der Waals surface area (Å²) in [7, 11) is 0. The van der Waals surface area contributed by atoms with Crippen LogP contribution in [0, 0.1) is 10.1 Å². The lowest BCUT2D eigenvalue weighted by molar-refractivity contribution is -0.384. The molecule has 0 radical (unpaired) electrons. The zero-order chi connectivity index (χ0) is 12.8.